The molecule has 0 saturated carbocycles. The van der Waals surface area contributed by atoms with Gasteiger partial charge in [0.05, 0.1) is 22.1 Å². The molecule has 6 aromatic carbocycles. The van der Waals surface area contributed by atoms with E-state index in [4.69, 9.17) is 11.5 Å². The number of allylic oxidation sites excluding steroid dienone is 13. The largest absolute Gasteiger partial charge is 0.405 e. The molecule has 0 bridgehead atoms. The van der Waals surface area contributed by atoms with Gasteiger partial charge in [-0.2, -0.15) is 0 Å². The van der Waals surface area contributed by atoms with Crippen LogP contribution in [0.1, 0.15) is 71.4 Å². The highest BCUT2D eigenvalue weighted by Crippen LogP contribution is 2.38. The highest BCUT2D eigenvalue weighted by Gasteiger charge is 2.16. The Bertz CT molecular complexity index is 2960. The van der Waals surface area contributed by atoms with Gasteiger partial charge in [0.15, 0.2) is 0 Å². The third kappa shape index (κ3) is 13.5. The van der Waals surface area contributed by atoms with Crippen molar-refractivity contribution in [3.63, 3.8) is 0 Å². The number of hydrogen-bond donors (Lipinski definition) is 2. The van der Waals surface area contributed by atoms with E-state index in [-0.39, 0.29) is 0 Å². The van der Waals surface area contributed by atoms with E-state index in [2.05, 4.69) is 168 Å². The maximum absolute atomic E-state index is 5.37. The summed E-state index contributed by atoms with van der Waals surface area (Å²) in [5.41, 5.74) is 22.8. The van der Waals surface area contributed by atoms with Gasteiger partial charge in [0.2, 0.25) is 0 Å². The molecule has 0 aliphatic carbocycles. The van der Waals surface area contributed by atoms with E-state index in [1.807, 2.05) is 82.4 Å². The highest BCUT2D eigenvalue weighted by atomic mass is 15.0. The van der Waals surface area contributed by atoms with E-state index in [1.165, 1.54) is 115 Å². The summed E-state index contributed by atoms with van der Waals surface area (Å²) in [6, 6.07) is 49.7. The fourth-order valence-corrected chi connectivity index (χ4v) is 8.12. The molecule has 0 spiro atoms. The van der Waals surface area contributed by atoms with Crippen molar-refractivity contribution >= 4 is 43.6 Å². The van der Waals surface area contributed by atoms with E-state index in [0.29, 0.717) is 0 Å². The summed E-state index contributed by atoms with van der Waals surface area (Å²) in [7, 11) is 0. The molecule has 4 N–H and O–H groups in total. The van der Waals surface area contributed by atoms with Gasteiger partial charge in [-0.3, -0.25) is 0 Å². The molecular formula is C63H70N4. The van der Waals surface area contributed by atoms with Gasteiger partial charge >= 0.3 is 0 Å². The number of aryl methyl sites for hydroxylation is 1. The lowest BCUT2D eigenvalue weighted by atomic mass is 10.0. The van der Waals surface area contributed by atoms with Crippen LogP contribution in [0.3, 0.4) is 0 Å². The molecule has 0 radical (unpaired) electrons. The molecule has 2 heterocycles. The molecule has 0 aliphatic heterocycles. The molecule has 2 aromatic heterocycles. The van der Waals surface area contributed by atoms with Crippen molar-refractivity contribution < 1.29 is 0 Å². The normalized spacial score (nSPS) is 11.8. The first kappa shape index (κ1) is 50.4. The summed E-state index contributed by atoms with van der Waals surface area (Å²) in [6.45, 7) is 13.5. The summed E-state index contributed by atoms with van der Waals surface area (Å²) in [5, 5.41) is 5.07. The second kappa shape index (κ2) is 27.7. The predicted molar refractivity (Wildman–Crippen MR) is 297 cm³/mol. The molecule has 0 atom stereocenters. The van der Waals surface area contributed by atoms with Gasteiger partial charge in [-0.15, -0.1) is 6.58 Å². The summed E-state index contributed by atoms with van der Waals surface area (Å²) >= 11 is 0. The van der Waals surface area contributed by atoms with Gasteiger partial charge < -0.3 is 20.6 Å². The van der Waals surface area contributed by atoms with Gasteiger partial charge in [-0.25, -0.2) is 0 Å². The minimum atomic E-state index is 0.877. The zero-order chi connectivity index (χ0) is 47.6. The van der Waals surface area contributed by atoms with Crippen molar-refractivity contribution in [3.05, 3.63) is 243 Å². The van der Waals surface area contributed by atoms with Crippen molar-refractivity contribution in [2.24, 2.45) is 11.5 Å². The van der Waals surface area contributed by atoms with Crippen LogP contribution >= 0.6 is 0 Å². The van der Waals surface area contributed by atoms with Crippen LogP contribution in [-0.2, 0) is 12.8 Å². The summed E-state index contributed by atoms with van der Waals surface area (Å²) in [4.78, 5) is 0. The molecule has 8 aromatic rings. The molecule has 4 nitrogen and oxygen atoms in total. The molecule has 0 amide bonds. The topological polar surface area (TPSA) is 61.9 Å². The van der Waals surface area contributed by atoms with Crippen molar-refractivity contribution in [3.8, 4) is 22.5 Å². The van der Waals surface area contributed by atoms with Crippen molar-refractivity contribution in [1.29, 1.82) is 0 Å². The maximum Gasteiger partial charge on any atom is 0.0541 e. The zero-order valence-corrected chi connectivity index (χ0v) is 40.4. The summed E-state index contributed by atoms with van der Waals surface area (Å²) in [5.74, 6) is 0. The van der Waals surface area contributed by atoms with E-state index in [9.17, 15) is 0 Å². The van der Waals surface area contributed by atoms with Crippen molar-refractivity contribution in [2.75, 3.05) is 0 Å². The average Bonchev–Trinajstić information content (AvgIpc) is 3.89. The quantitative estimate of drug-likeness (QED) is 0.0612. The van der Waals surface area contributed by atoms with E-state index in [1.54, 1.807) is 12.2 Å². The van der Waals surface area contributed by atoms with Gasteiger partial charge in [-0.1, -0.05) is 180 Å². The van der Waals surface area contributed by atoms with Crippen molar-refractivity contribution in [2.45, 2.75) is 73.1 Å². The van der Waals surface area contributed by atoms with Crippen LogP contribution in [0.5, 0.6) is 0 Å². The number of rotatable bonds is 15. The smallest absolute Gasteiger partial charge is 0.0541 e. The van der Waals surface area contributed by atoms with E-state index >= 15 is 0 Å². The molecular weight excluding hydrogens is 813 g/mol. The van der Waals surface area contributed by atoms with Crippen LogP contribution in [-0.4, -0.2) is 9.13 Å². The Morgan fingerprint density at radius 1 is 0.463 bits per heavy atom. The lowest BCUT2D eigenvalue weighted by molar-refractivity contribution is 0.667. The molecule has 4 heteroatoms. The van der Waals surface area contributed by atoms with Crippen LogP contribution in [0.2, 0.25) is 0 Å². The van der Waals surface area contributed by atoms with Crippen LogP contribution < -0.4 is 11.5 Å². The van der Waals surface area contributed by atoms with Gasteiger partial charge in [0, 0.05) is 32.9 Å². The van der Waals surface area contributed by atoms with Crippen molar-refractivity contribution in [1.82, 2.24) is 9.13 Å². The molecule has 0 saturated heterocycles. The van der Waals surface area contributed by atoms with E-state index < -0.39 is 0 Å². The first-order valence-corrected chi connectivity index (χ1v) is 23.9. The Labute approximate surface area is 400 Å². The lowest BCUT2D eigenvalue weighted by Crippen LogP contribution is -1.95. The standard InChI is InChI=1S/C51H47N3.C7H11N.C3H6.C2H6/c1-2-3-4-10-17-38-23-29-42(30-24-38)53-48-21-14-12-19-44(48)46-36-40(27-33-50(46)53)41-28-34-51-47(37-41)45-20-13-15-22-49(45)54(51)43-31-25-39(26-32-43)18-11-8-6-5-7-9-16-35-52;1-2-3-4-5-6-7-8;1-3-2;1-2/h5-9,11-16,19-37H,2-4,10,17-18,52H2,1H3;2-7H,8H2,1H3;3H,1H2,2H3;1-2H3/b6-5+,9-7-,11-8+,35-16-;3-2+,5-4-,7-6-;;. The number of hydrogen-bond acceptors (Lipinski definition) is 2. The Morgan fingerprint density at radius 3 is 1.37 bits per heavy atom. The van der Waals surface area contributed by atoms with E-state index in [0.717, 1.165) is 12.8 Å². The fraction of sp³-hybridized carbons (Fsp3) is 0.175. The molecule has 8 rings (SSSR count). The minimum Gasteiger partial charge on any atom is -0.405 e. The van der Waals surface area contributed by atoms with Gasteiger partial charge in [0.25, 0.3) is 0 Å². The number of nitrogens with two attached hydrogens (primary N) is 2. The third-order valence-corrected chi connectivity index (χ3v) is 11.2. The van der Waals surface area contributed by atoms with Gasteiger partial charge in [-0.05, 0) is 141 Å². The lowest BCUT2D eigenvalue weighted by Gasteiger charge is -2.10. The second-order valence-electron chi connectivity index (χ2n) is 15.8. The zero-order valence-electron chi connectivity index (χ0n) is 40.4. The van der Waals surface area contributed by atoms with Gasteiger partial charge in [0.1, 0.15) is 0 Å². The third-order valence-electron chi connectivity index (χ3n) is 11.2. The summed E-state index contributed by atoms with van der Waals surface area (Å²) in [6.07, 6.45) is 35.4. The molecule has 0 fully saturated rings. The monoisotopic (exact) mass is 883 g/mol. The predicted octanol–water partition coefficient (Wildman–Crippen LogP) is 17.2. The fourth-order valence-electron chi connectivity index (χ4n) is 8.12. The average molecular weight is 883 g/mol. The molecule has 0 unspecified atom stereocenters. The second-order valence-corrected chi connectivity index (χ2v) is 15.8. The number of unbranched alkanes of at least 4 members (excludes halogenated alkanes) is 3. The Morgan fingerprint density at radius 2 is 0.896 bits per heavy atom. The van der Waals surface area contributed by atoms with Crippen LogP contribution in [0.15, 0.2) is 231 Å². The van der Waals surface area contributed by atoms with Crippen LogP contribution in [0.4, 0.5) is 0 Å². The van der Waals surface area contributed by atoms with Crippen LogP contribution in [0, 0.1) is 0 Å². The first-order valence-electron chi connectivity index (χ1n) is 23.9. The van der Waals surface area contributed by atoms with Crippen LogP contribution in [0.25, 0.3) is 66.1 Å². The number of fused-ring (bicyclic) bond motifs is 6. The molecule has 0 aliphatic rings. The Hall–Kier alpha value is -7.56. The number of benzene rings is 6. The first-order chi connectivity index (χ1) is 33.1. The number of para-hydroxylation sites is 2. The summed E-state index contributed by atoms with van der Waals surface area (Å²) < 4.78 is 4.82. The molecule has 67 heavy (non-hydrogen) atoms. The SMILES string of the molecule is C/C=C/C=C\C=C/N.C=CC.CC.CCCCCCc1ccc(-n2c3ccccc3c3cc(-c4ccc5c(c4)c4ccccc4n5-c4ccc(C/C=C/C=C/C=C\C=C/N)cc4)ccc32)cc1. The highest BCUT2D eigenvalue weighted by molar-refractivity contribution is 6.12. The number of aromatic nitrogens is 2. The Kier molecular flexibility index (Phi) is 20.8. The minimum absolute atomic E-state index is 0.877. The Balaban J connectivity index is 0.000000575. The molecule has 342 valence electrons. The maximum atomic E-state index is 5.37. The number of nitrogens with zero attached hydrogens (tertiary/aromatic N) is 2.